The summed E-state index contributed by atoms with van der Waals surface area (Å²) in [5, 5.41) is 7.87. The summed E-state index contributed by atoms with van der Waals surface area (Å²) in [5.74, 6) is 0.394. The molecule has 25 heavy (non-hydrogen) atoms. The highest BCUT2D eigenvalue weighted by Gasteiger charge is 2.07. The smallest absolute Gasteiger partial charge is 0.320 e. The van der Waals surface area contributed by atoms with Gasteiger partial charge in [0.15, 0.2) is 0 Å². The molecule has 1 unspecified atom stereocenters. The number of nitrogens with zero attached hydrogens (tertiary/aromatic N) is 2. The maximum absolute atomic E-state index is 9.57. The Morgan fingerprint density at radius 2 is 1.56 bits per heavy atom. The average Bonchev–Trinajstić information content (AvgIpc) is 2.89. The van der Waals surface area contributed by atoms with E-state index in [1.54, 1.807) is 0 Å². The first-order valence-electron chi connectivity index (χ1n) is 9.89. The number of nitrogens with two attached hydrogens (primary N) is 1. The first kappa shape index (κ1) is 23.6. The van der Waals surface area contributed by atoms with E-state index in [1.807, 2.05) is 0 Å². The van der Waals surface area contributed by atoms with E-state index in [0.29, 0.717) is 0 Å². The second-order valence-corrected chi connectivity index (χ2v) is 6.96. The third kappa shape index (κ3) is 12.6. The third-order valence-electron chi connectivity index (χ3n) is 4.54. The Morgan fingerprint density at radius 3 is 1.92 bits per heavy atom. The van der Waals surface area contributed by atoms with Crippen molar-refractivity contribution in [2.24, 2.45) is 12.8 Å². The number of carboxylic acids is 1. The van der Waals surface area contributed by atoms with Gasteiger partial charge >= 0.3 is 5.97 Å². The van der Waals surface area contributed by atoms with E-state index < -0.39 is 12.0 Å². The van der Waals surface area contributed by atoms with Gasteiger partial charge in [0.1, 0.15) is 18.4 Å². The summed E-state index contributed by atoms with van der Waals surface area (Å²) < 4.78 is 4.56. The van der Waals surface area contributed by atoms with Crippen molar-refractivity contribution in [1.82, 2.24) is 4.57 Å². The molecule has 5 nitrogen and oxygen atoms in total. The van der Waals surface area contributed by atoms with Crippen LogP contribution < -0.4 is 10.3 Å². The van der Waals surface area contributed by atoms with E-state index in [4.69, 9.17) is 10.8 Å². The van der Waals surface area contributed by atoms with Gasteiger partial charge < -0.3 is 10.8 Å². The second-order valence-electron chi connectivity index (χ2n) is 6.96. The van der Waals surface area contributed by atoms with Gasteiger partial charge in [-0.2, -0.15) is 0 Å². The number of aromatic nitrogens is 2. The highest BCUT2D eigenvalue weighted by Crippen LogP contribution is 2.10. The lowest BCUT2D eigenvalue weighted by molar-refractivity contribution is -0.702. The fourth-order valence-corrected chi connectivity index (χ4v) is 2.60. The lowest BCUT2D eigenvalue weighted by Gasteiger charge is -2.02. The van der Waals surface area contributed by atoms with Crippen molar-refractivity contribution in [3.05, 3.63) is 18.2 Å². The van der Waals surface area contributed by atoms with Crippen LogP contribution in [-0.2, 0) is 18.4 Å². The zero-order valence-electron chi connectivity index (χ0n) is 16.8. The summed E-state index contributed by atoms with van der Waals surface area (Å²) in [5.41, 5.74) is 4.84. The quantitative estimate of drug-likeness (QED) is 0.441. The predicted octanol–water partition coefficient (Wildman–Crippen LogP) is 3.96. The molecular formula is C20H40N3O2+. The maximum Gasteiger partial charge on any atom is 0.320 e. The minimum Gasteiger partial charge on any atom is -0.480 e. The molecule has 1 aromatic heterocycles. The Balaban J connectivity index is 0.000000823. The van der Waals surface area contributed by atoms with Crippen LogP contribution in [-0.4, -0.2) is 21.7 Å². The number of carboxylic acid groups (broad SMARTS) is 1. The molecule has 1 aromatic rings. The number of imidazole rings is 1. The lowest BCUT2D eigenvalue weighted by Crippen LogP contribution is -2.35. The van der Waals surface area contributed by atoms with Crippen molar-refractivity contribution in [3.63, 3.8) is 0 Å². The fourth-order valence-electron chi connectivity index (χ4n) is 2.60. The van der Waals surface area contributed by atoms with Crippen LogP contribution in [0.5, 0.6) is 0 Å². The summed E-state index contributed by atoms with van der Waals surface area (Å²) >= 11 is 0. The van der Waals surface area contributed by atoms with Gasteiger partial charge in [-0.1, -0.05) is 58.3 Å². The zero-order chi connectivity index (χ0) is 19.1. The first-order valence-corrected chi connectivity index (χ1v) is 9.89. The van der Waals surface area contributed by atoms with Crippen molar-refractivity contribution in [2.75, 3.05) is 0 Å². The molecule has 1 atom stereocenters. The second kappa shape index (κ2) is 14.9. The molecule has 0 aliphatic rings. The molecule has 0 bridgehead atoms. The number of unbranched alkanes of at least 4 members (excludes halogenated alkanes) is 9. The van der Waals surface area contributed by atoms with E-state index in [9.17, 15) is 4.79 Å². The van der Waals surface area contributed by atoms with E-state index in [1.165, 1.54) is 83.5 Å². The molecule has 0 saturated carbocycles. The number of carbonyl (C=O) groups is 1. The van der Waals surface area contributed by atoms with Crippen LogP contribution in [0, 0.1) is 6.92 Å². The third-order valence-corrected chi connectivity index (χ3v) is 4.54. The molecular weight excluding hydrogens is 314 g/mol. The molecule has 1 rings (SSSR count). The van der Waals surface area contributed by atoms with Crippen LogP contribution in [0.15, 0.2) is 12.4 Å². The topological polar surface area (TPSA) is 72.1 Å². The minimum atomic E-state index is -0.963. The van der Waals surface area contributed by atoms with Gasteiger partial charge in [0.2, 0.25) is 0 Å². The molecule has 0 amide bonds. The number of aliphatic carboxylic acids is 1. The first-order chi connectivity index (χ1) is 11.9. The summed E-state index contributed by atoms with van der Waals surface area (Å²) in [6, 6.07) is -0.731. The van der Waals surface area contributed by atoms with E-state index in [2.05, 4.69) is 42.4 Å². The predicted molar refractivity (Wildman–Crippen MR) is 103 cm³/mol. The summed E-state index contributed by atoms with van der Waals surface area (Å²) in [7, 11) is 2.12. The SMILES string of the molecule is CC(N)C(=O)O.CCCCCCCCCCCC[n+]1ccn(C)c1C. The van der Waals surface area contributed by atoms with Gasteiger partial charge in [0, 0.05) is 6.92 Å². The fraction of sp³-hybridized carbons (Fsp3) is 0.800. The van der Waals surface area contributed by atoms with Gasteiger partial charge in [-0.3, -0.25) is 4.79 Å². The molecule has 5 heteroatoms. The van der Waals surface area contributed by atoms with Crippen molar-refractivity contribution >= 4 is 5.97 Å². The molecule has 0 spiro atoms. The number of hydrogen-bond donors (Lipinski definition) is 2. The summed E-state index contributed by atoms with van der Waals surface area (Å²) in [6.45, 7) is 7.08. The molecule has 0 saturated heterocycles. The number of hydrogen-bond acceptors (Lipinski definition) is 2. The van der Waals surface area contributed by atoms with Crippen molar-refractivity contribution < 1.29 is 14.5 Å². The average molecular weight is 355 g/mol. The van der Waals surface area contributed by atoms with Gasteiger partial charge in [0.05, 0.1) is 13.6 Å². The highest BCUT2D eigenvalue weighted by atomic mass is 16.4. The van der Waals surface area contributed by atoms with Crippen LogP contribution >= 0.6 is 0 Å². The van der Waals surface area contributed by atoms with Gasteiger partial charge in [0.25, 0.3) is 5.82 Å². The van der Waals surface area contributed by atoms with Crippen LogP contribution in [0.1, 0.15) is 83.9 Å². The van der Waals surface area contributed by atoms with Crippen molar-refractivity contribution in [3.8, 4) is 0 Å². The van der Waals surface area contributed by atoms with Gasteiger partial charge in [-0.15, -0.1) is 0 Å². The molecule has 3 N–H and O–H groups in total. The van der Waals surface area contributed by atoms with Gasteiger partial charge in [-0.05, 0) is 19.8 Å². The van der Waals surface area contributed by atoms with Crippen LogP contribution in [0.2, 0.25) is 0 Å². The standard InChI is InChI=1S/C17H33N2.C3H7NO2/c1-4-5-6-7-8-9-10-11-12-13-14-19-16-15-18(3)17(19)2;1-2(4)3(5)6/h15-16H,4-14H2,1-3H3;2H,4H2,1H3,(H,5,6)/q+1;. The highest BCUT2D eigenvalue weighted by molar-refractivity contribution is 5.72. The number of rotatable bonds is 12. The molecule has 1 heterocycles. The summed E-state index contributed by atoms with van der Waals surface area (Å²) in [4.78, 5) is 9.57. The van der Waals surface area contributed by atoms with Crippen molar-refractivity contribution in [2.45, 2.75) is 97.6 Å². The van der Waals surface area contributed by atoms with Crippen LogP contribution in [0.3, 0.4) is 0 Å². The van der Waals surface area contributed by atoms with Crippen LogP contribution in [0.25, 0.3) is 0 Å². The molecule has 0 aliphatic carbocycles. The largest absolute Gasteiger partial charge is 0.480 e. The monoisotopic (exact) mass is 354 g/mol. The molecule has 0 fully saturated rings. The normalized spacial score (nSPS) is 11.7. The Morgan fingerprint density at radius 1 is 1.12 bits per heavy atom. The molecule has 0 aromatic carbocycles. The molecule has 0 aliphatic heterocycles. The van der Waals surface area contributed by atoms with E-state index in [-0.39, 0.29) is 0 Å². The molecule has 146 valence electrons. The number of aryl methyl sites for hydroxylation is 2. The lowest BCUT2D eigenvalue weighted by atomic mass is 10.1. The van der Waals surface area contributed by atoms with Gasteiger partial charge in [-0.25, -0.2) is 9.13 Å². The maximum atomic E-state index is 9.57. The Labute approximate surface area is 154 Å². The van der Waals surface area contributed by atoms with E-state index >= 15 is 0 Å². The minimum absolute atomic E-state index is 0.731. The zero-order valence-corrected chi connectivity index (χ0v) is 16.8. The Kier molecular flexibility index (Phi) is 14.1. The summed E-state index contributed by atoms with van der Waals surface area (Å²) in [6.07, 6.45) is 18.5. The van der Waals surface area contributed by atoms with E-state index in [0.717, 1.165) is 0 Å². The molecule has 0 radical (unpaired) electrons. The Bertz CT molecular complexity index is 456. The van der Waals surface area contributed by atoms with Crippen LogP contribution in [0.4, 0.5) is 0 Å². The Hall–Kier alpha value is -1.36. The van der Waals surface area contributed by atoms with Crippen molar-refractivity contribution in [1.29, 1.82) is 0 Å².